The van der Waals surface area contributed by atoms with E-state index in [1.54, 1.807) is 6.92 Å². The summed E-state index contributed by atoms with van der Waals surface area (Å²) in [6.07, 6.45) is 1.74. The van der Waals surface area contributed by atoms with Gasteiger partial charge in [0.15, 0.2) is 0 Å². The minimum atomic E-state index is -0.384. The van der Waals surface area contributed by atoms with Crippen LogP contribution in [0.3, 0.4) is 0 Å². The Morgan fingerprint density at radius 3 is 2.71 bits per heavy atom. The standard InChI is InChI=1S/C11H18ClN3O2/c1-7(2)15-11(17)10(12)9(6-14-15)13-5-4-8(3)16/h6-8,13,16H,4-5H2,1-3H3. The van der Waals surface area contributed by atoms with Gasteiger partial charge in [-0.15, -0.1) is 0 Å². The molecule has 1 aromatic rings. The molecule has 17 heavy (non-hydrogen) atoms. The quantitative estimate of drug-likeness (QED) is 0.844. The Morgan fingerprint density at radius 1 is 1.53 bits per heavy atom. The molecular formula is C11H18ClN3O2. The van der Waals surface area contributed by atoms with Gasteiger partial charge in [0.2, 0.25) is 0 Å². The fourth-order valence-corrected chi connectivity index (χ4v) is 1.55. The van der Waals surface area contributed by atoms with Crippen molar-refractivity contribution < 1.29 is 5.11 Å². The van der Waals surface area contributed by atoms with Crippen LogP contribution in [0.2, 0.25) is 5.02 Å². The molecule has 1 aromatic heterocycles. The first-order valence-electron chi connectivity index (χ1n) is 5.62. The van der Waals surface area contributed by atoms with Crippen molar-refractivity contribution in [3.63, 3.8) is 0 Å². The zero-order valence-corrected chi connectivity index (χ0v) is 11.0. The van der Waals surface area contributed by atoms with Crippen molar-refractivity contribution in [1.29, 1.82) is 0 Å². The van der Waals surface area contributed by atoms with Crippen LogP contribution in [0.15, 0.2) is 11.0 Å². The number of aliphatic hydroxyl groups is 1. The third-order valence-corrected chi connectivity index (χ3v) is 2.68. The van der Waals surface area contributed by atoms with E-state index in [4.69, 9.17) is 16.7 Å². The molecule has 0 aliphatic heterocycles. The highest BCUT2D eigenvalue weighted by atomic mass is 35.5. The molecule has 0 saturated heterocycles. The number of aromatic nitrogens is 2. The molecule has 0 radical (unpaired) electrons. The Morgan fingerprint density at radius 2 is 2.18 bits per heavy atom. The van der Waals surface area contributed by atoms with Crippen LogP contribution < -0.4 is 10.9 Å². The second-order valence-corrected chi connectivity index (χ2v) is 4.66. The highest BCUT2D eigenvalue weighted by Gasteiger charge is 2.10. The number of halogens is 1. The summed E-state index contributed by atoms with van der Waals surface area (Å²) in [5, 5.41) is 16.3. The fraction of sp³-hybridized carbons (Fsp3) is 0.636. The lowest BCUT2D eigenvalue weighted by atomic mass is 10.3. The van der Waals surface area contributed by atoms with Crippen molar-refractivity contribution in [3.05, 3.63) is 21.6 Å². The minimum Gasteiger partial charge on any atom is -0.393 e. The van der Waals surface area contributed by atoms with Gasteiger partial charge in [0.25, 0.3) is 5.56 Å². The van der Waals surface area contributed by atoms with E-state index in [1.165, 1.54) is 10.9 Å². The van der Waals surface area contributed by atoms with E-state index < -0.39 is 0 Å². The monoisotopic (exact) mass is 259 g/mol. The second-order valence-electron chi connectivity index (χ2n) is 4.28. The summed E-state index contributed by atoms with van der Waals surface area (Å²) in [6.45, 7) is 5.99. The average molecular weight is 260 g/mol. The van der Waals surface area contributed by atoms with Gasteiger partial charge in [0.1, 0.15) is 5.02 Å². The van der Waals surface area contributed by atoms with E-state index in [0.29, 0.717) is 18.7 Å². The third kappa shape index (κ3) is 3.71. The fourth-order valence-electron chi connectivity index (χ4n) is 1.35. The van der Waals surface area contributed by atoms with Gasteiger partial charge in [-0.1, -0.05) is 11.6 Å². The number of nitrogens with one attached hydrogen (secondary N) is 1. The molecule has 0 spiro atoms. The number of nitrogens with zero attached hydrogens (tertiary/aromatic N) is 2. The molecule has 6 heteroatoms. The Labute approximate surface area is 105 Å². The molecular weight excluding hydrogens is 242 g/mol. The molecule has 0 aromatic carbocycles. The van der Waals surface area contributed by atoms with Crippen LogP contribution in [0.5, 0.6) is 0 Å². The maximum Gasteiger partial charge on any atom is 0.287 e. The smallest absolute Gasteiger partial charge is 0.287 e. The van der Waals surface area contributed by atoms with Gasteiger partial charge >= 0.3 is 0 Å². The van der Waals surface area contributed by atoms with Gasteiger partial charge in [0, 0.05) is 6.54 Å². The number of anilines is 1. The molecule has 5 nitrogen and oxygen atoms in total. The maximum absolute atomic E-state index is 11.8. The summed E-state index contributed by atoms with van der Waals surface area (Å²) in [5.41, 5.74) is 0.206. The van der Waals surface area contributed by atoms with Crippen molar-refractivity contribution in [2.45, 2.75) is 39.3 Å². The van der Waals surface area contributed by atoms with Crippen LogP contribution in [-0.2, 0) is 0 Å². The summed E-state index contributed by atoms with van der Waals surface area (Å²) in [7, 11) is 0. The van der Waals surface area contributed by atoms with Crippen LogP contribution in [0.25, 0.3) is 0 Å². The lowest BCUT2D eigenvalue weighted by Crippen LogP contribution is -2.26. The predicted molar refractivity (Wildman–Crippen MR) is 68.7 cm³/mol. The molecule has 0 saturated carbocycles. The Hall–Kier alpha value is -1.07. The lowest BCUT2D eigenvalue weighted by Gasteiger charge is -2.12. The van der Waals surface area contributed by atoms with Gasteiger partial charge in [-0.25, -0.2) is 4.68 Å². The summed E-state index contributed by atoms with van der Waals surface area (Å²) in [4.78, 5) is 11.8. The lowest BCUT2D eigenvalue weighted by molar-refractivity contribution is 0.189. The van der Waals surface area contributed by atoms with Gasteiger partial charge in [-0.3, -0.25) is 4.79 Å². The number of aliphatic hydroxyl groups excluding tert-OH is 1. The molecule has 0 bridgehead atoms. The average Bonchev–Trinajstić information content (AvgIpc) is 2.23. The zero-order valence-electron chi connectivity index (χ0n) is 10.3. The van der Waals surface area contributed by atoms with Crippen LogP contribution in [0.1, 0.15) is 33.2 Å². The highest BCUT2D eigenvalue weighted by Crippen LogP contribution is 2.16. The van der Waals surface area contributed by atoms with Crippen molar-refractivity contribution in [2.75, 3.05) is 11.9 Å². The molecule has 0 aliphatic rings. The highest BCUT2D eigenvalue weighted by molar-refractivity contribution is 6.32. The molecule has 2 N–H and O–H groups in total. The first-order chi connectivity index (χ1) is 7.93. The number of hydrogen-bond donors (Lipinski definition) is 2. The number of hydrogen-bond acceptors (Lipinski definition) is 4. The van der Waals surface area contributed by atoms with E-state index in [2.05, 4.69) is 10.4 Å². The Kier molecular flexibility index (Phi) is 4.96. The summed E-state index contributed by atoms with van der Waals surface area (Å²) in [6, 6.07) is -0.0217. The number of rotatable bonds is 5. The topological polar surface area (TPSA) is 67.2 Å². The van der Waals surface area contributed by atoms with Crippen LogP contribution in [0, 0.1) is 0 Å². The zero-order chi connectivity index (χ0) is 13.0. The summed E-state index contributed by atoms with van der Waals surface area (Å²) in [5.74, 6) is 0. The summed E-state index contributed by atoms with van der Waals surface area (Å²) >= 11 is 5.96. The van der Waals surface area contributed by atoms with E-state index in [1.807, 2.05) is 13.8 Å². The van der Waals surface area contributed by atoms with Crippen LogP contribution in [-0.4, -0.2) is 27.5 Å². The molecule has 96 valence electrons. The molecule has 1 unspecified atom stereocenters. The third-order valence-electron chi connectivity index (χ3n) is 2.31. The minimum absolute atomic E-state index is 0.0217. The molecule has 0 amide bonds. The predicted octanol–water partition coefficient (Wildman–Crippen LogP) is 1.66. The van der Waals surface area contributed by atoms with Crippen molar-refractivity contribution in [2.24, 2.45) is 0 Å². The van der Waals surface area contributed by atoms with Crippen molar-refractivity contribution in [3.8, 4) is 0 Å². The van der Waals surface area contributed by atoms with Gasteiger partial charge in [0.05, 0.1) is 24.0 Å². The first-order valence-corrected chi connectivity index (χ1v) is 6.00. The summed E-state index contributed by atoms with van der Waals surface area (Å²) < 4.78 is 1.34. The second kappa shape index (κ2) is 6.02. The van der Waals surface area contributed by atoms with Crippen molar-refractivity contribution in [1.82, 2.24) is 9.78 Å². The van der Waals surface area contributed by atoms with Gasteiger partial charge in [-0.05, 0) is 27.2 Å². The van der Waals surface area contributed by atoms with Gasteiger partial charge < -0.3 is 10.4 Å². The van der Waals surface area contributed by atoms with E-state index >= 15 is 0 Å². The molecule has 1 rings (SSSR count). The molecule has 1 heterocycles. The molecule has 0 aliphatic carbocycles. The SMILES string of the molecule is CC(O)CCNc1cnn(C(C)C)c(=O)c1Cl. The van der Waals surface area contributed by atoms with Crippen molar-refractivity contribution >= 4 is 17.3 Å². The van der Waals surface area contributed by atoms with E-state index in [0.717, 1.165) is 0 Å². The Balaban J connectivity index is 2.82. The largest absolute Gasteiger partial charge is 0.393 e. The Bertz CT molecular complexity index is 429. The van der Waals surface area contributed by atoms with Gasteiger partial charge in [-0.2, -0.15) is 5.10 Å². The first kappa shape index (κ1) is 14.0. The normalized spacial score (nSPS) is 12.8. The molecule has 1 atom stereocenters. The van der Waals surface area contributed by atoms with E-state index in [-0.39, 0.29) is 22.7 Å². The van der Waals surface area contributed by atoms with Crippen LogP contribution in [0.4, 0.5) is 5.69 Å². The molecule has 0 fully saturated rings. The maximum atomic E-state index is 11.8. The van der Waals surface area contributed by atoms with Crippen LogP contribution >= 0.6 is 11.6 Å². The van der Waals surface area contributed by atoms with E-state index in [9.17, 15) is 4.79 Å².